The highest BCUT2D eigenvalue weighted by Crippen LogP contribution is 2.39. The van der Waals surface area contributed by atoms with Crippen molar-refractivity contribution >= 4 is 46.8 Å². The maximum Gasteiger partial charge on any atom is 0.417 e. The molecule has 2 aliphatic rings. The van der Waals surface area contributed by atoms with E-state index in [-0.39, 0.29) is 0 Å². The molecule has 0 unspecified atom stereocenters. The summed E-state index contributed by atoms with van der Waals surface area (Å²) in [6, 6.07) is 6.50. The van der Waals surface area contributed by atoms with Crippen molar-refractivity contribution in [3.8, 4) is 0 Å². The summed E-state index contributed by atoms with van der Waals surface area (Å²) in [5.41, 5.74) is 6.65. The van der Waals surface area contributed by atoms with E-state index in [2.05, 4.69) is 45.9 Å². The second kappa shape index (κ2) is 13.6. The fraction of sp³-hybridized carbons (Fsp3) is 0.294. The number of alkyl halides is 6. The maximum atomic E-state index is 12.8. The second-order valence-electron chi connectivity index (χ2n) is 10.8. The Hall–Kier alpha value is -3.64. The Morgan fingerprint density at radius 2 is 0.978 bits per heavy atom. The zero-order chi connectivity index (χ0) is 33.2. The molecule has 0 atom stereocenters. The minimum absolute atomic E-state index is 0.430. The minimum Gasteiger partial charge on any atom is -0.256 e. The van der Waals surface area contributed by atoms with Crippen LogP contribution in [0.15, 0.2) is 58.8 Å². The number of hydrogen-bond donors (Lipinski definition) is 0. The molecular weight excluding hydrogens is 643 g/mol. The standard InChI is InChI=1S/2C17H15F3N2S/c2*1-3-23-15-4-10(2)8-22-16(15)12-5-11-6-13(17(18,19)20)9-21-14(11)7-12/h2*4,6-9H,3,5H2,1-2H3. The minimum atomic E-state index is -4.36. The molecule has 0 fully saturated rings. The average Bonchev–Trinajstić information content (AvgIpc) is 3.60. The first-order valence-corrected chi connectivity index (χ1v) is 16.5. The largest absolute Gasteiger partial charge is 0.417 e. The van der Waals surface area contributed by atoms with Crippen molar-refractivity contribution in [2.45, 2.75) is 62.7 Å². The fourth-order valence-electron chi connectivity index (χ4n) is 5.14. The Morgan fingerprint density at radius 1 is 0.587 bits per heavy atom. The van der Waals surface area contributed by atoms with E-state index in [4.69, 9.17) is 0 Å². The van der Waals surface area contributed by atoms with Crippen LogP contribution in [0.4, 0.5) is 26.3 Å². The van der Waals surface area contributed by atoms with Crippen LogP contribution >= 0.6 is 23.5 Å². The predicted molar refractivity (Wildman–Crippen MR) is 172 cm³/mol. The number of fused-ring (bicyclic) bond motifs is 2. The van der Waals surface area contributed by atoms with Gasteiger partial charge in [-0.15, -0.1) is 23.5 Å². The zero-order valence-corrected chi connectivity index (χ0v) is 27.1. The van der Waals surface area contributed by atoms with Crippen LogP contribution in [-0.4, -0.2) is 31.4 Å². The summed E-state index contributed by atoms with van der Waals surface area (Å²) in [5.74, 6) is 1.82. The summed E-state index contributed by atoms with van der Waals surface area (Å²) in [4.78, 5) is 19.0. The van der Waals surface area contributed by atoms with Gasteiger partial charge in [-0.05, 0) is 95.2 Å². The number of rotatable bonds is 6. The predicted octanol–water partition coefficient (Wildman–Crippen LogP) is 10.0. The highest BCUT2D eigenvalue weighted by molar-refractivity contribution is 7.99. The van der Waals surface area contributed by atoms with E-state index < -0.39 is 23.5 Å². The molecule has 0 bridgehead atoms. The molecule has 4 nitrogen and oxygen atoms in total. The molecule has 46 heavy (non-hydrogen) atoms. The van der Waals surface area contributed by atoms with Crippen molar-refractivity contribution in [2.24, 2.45) is 0 Å². The average molecular weight is 673 g/mol. The van der Waals surface area contributed by atoms with Crippen LogP contribution < -0.4 is 0 Å². The van der Waals surface area contributed by atoms with Gasteiger partial charge in [0.2, 0.25) is 0 Å². The molecule has 0 amide bonds. The van der Waals surface area contributed by atoms with E-state index in [1.807, 2.05) is 26.0 Å². The Labute approximate surface area is 271 Å². The lowest BCUT2D eigenvalue weighted by Crippen LogP contribution is -2.06. The van der Waals surface area contributed by atoms with Crippen LogP contribution in [0.2, 0.25) is 0 Å². The lowest BCUT2D eigenvalue weighted by atomic mass is 10.1. The maximum absolute atomic E-state index is 12.8. The summed E-state index contributed by atoms with van der Waals surface area (Å²) in [7, 11) is 0. The lowest BCUT2D eigenvalue weighted by Gasteiger charge is -2.10. The van der Waals surface area contributed by atoms with Gasteiger partial charge in [0.1, 0.15) is 0 Å². The smallest absolute Gasteiger partial charge is 0.256 e. The van der Waals surface area contributed by atoms with Crippen molar-refractivity contribution in [3.63, 3.8) is 0 Å². The summed E-state index contributed by atoms with van der Waals surface area (Å²) in [5, 5.41) is 0. The van der Waals surface area contributed by atoms with Crippen LogP contribution in [0.1, 0.15) is 70.0 Å². The van der Waals surface area contributed by atoms with Gasteiger partial charge in [0, 0.05) is 47.4 Å². The first kappa shape index (κ1) is 33.7. The van der Waals surface area contributed by atoms with Gasteiger partial charge in [-0.3, -0.25) is 19.9 Å². The first-order chi connectivity index (χ1) is 21.8. The van der Waals surface area contributed by atoms with E-state index in [0.717, 1.165) is 67.4 Å². The number of aromatic nitrogens is 4. The number of nitrogens with zero attached hydrogens (tertiary/aromatic N) is 4. The molecule has 0 saturated heterocycles. The van der Waals surface area contributed by atoms with E-state index in [1.165, 1.54) is 12.1 Å². The van der Waals surface area contributed by atoms with Gasteiger partial charge in [-0.2, -0.15) is 26.3 Å². The van der Waals surface area contributed by atoms with Gasteiger partial charge in [-0.1, -0.05) is 13.8 Å². The molecule has 0 spiro atoms. The highest BCUT2D eigenvalue weighted by Gasteiger charge is 2.33. The zero-order valence-electron chi connectivity index (χ0n) is 25.5. The van der Waals surface area contributed by atoms with Gasteiger partial charge in [0.05, 0.1) is 33.9 Å². The quantitative estimate of drug-likeness (QED) is 0.150. The molecule has 0 radical (unpaired) electrons. The monoisotopic (exact) mass is 672 g/mol. The van der Waals surface area contributed by atoms with Crippen LogP contribution in [0.5, 0.6) is 0 Å². The molecule has 0 aliphatic heterocycles. The van der Waals surface area contributed by atoms with E-state index in [0.29, 0.717) is 35.4 Å². The van der Waals surface area contributed by atoms with E-state index in [1.54, 1.807) is 35.9 Å². The lowest BCUT2D eigenvalue weighted by molar-refractivity contribution is -0.138. The Morgan fingerprint density at radius 3 is 1.33 bits per heavy atom. The third kappa shape index (κ3) is 7.66. The second-order valence-corrected chi connectivity index (χ2v) is 13.4. The van der Waals surface area contributed by atoms with Crippen molar-refractivity contribution in [1.82, 2.24) is 19.9 Å². The molecule has 12 heteroatoms. The third-order valence-corrected chi connectivity index (χ3v) is 9.05. The number of pyridine rings is 4. The Kier molecular flexibility index (Phi) is 9.97. The molecule has 0 saturated carbocycles. The number of halogens is 6. The number of hydrogen-bond acceptors (Lipinski definition) is 6. The molecule has 0 N–H and O–H groups in total. The topological polar surface area (TPSA) is 51.6 Å². The Balaban J connectivity index is 0.000000181. The van der Waals surface area contributed by atoms with E-state index in [9.17, 15) is 26.3 Å². The third-order valence-electron chi connectivity index (χ3n) is 7.23. The fourth-order valence-corrected chi connectivity index (χ4v) is 6.94. The molecule has 2 aliphatic carbocycles. The molecule has 0 aromatic carbocycles. The normalized spacial score (nSPS) is 13.9. The number of thioether (sulfide) groups is 2. The van der Waals surface area contributed by atoms with Crippen molar-refractivity contribution in [1.29, 1.82) is 0 Å². The number of allylic oxidation sites excluding steroid dienone is 2. The van der Waals surface area contributed by atoms with Gasteiger partial charge >= 0.3 is 12.4 Å². The van der Waals surface area contributed by atoms with Gasteiger partial charge in [0.25, 0.3) is 0 Å². The summed E-state index contributed by atoms with van der Waals surface area (Å²) < 4.78 is 76.9. The Bertz CT molecular complexity index is 1700. The molecule has 6 rings (SSSR count). The van der Waals surface area contributed by atoms with Gasteiger partial charge < -0.3 is 0 Å². The highest BCUT2D eigenvalue weighted by atomic mass is 32.2. The van der Waals surface area contributed by atoms with Crippen molar-refractivity contribution < 1.29 is 26.3 Å². The molecule has 4 aromatic heterocycles. The van der Waals surface area contributed by atoms with Gasteiger partial charge in [0.15, 0.2) is 0 Å². The van der Waals surface area contributed by atoms with Crippen LogP contribution in [0.3, 0.4) is 0 Å². The van der Waals surface area contributed by atoms with Crippen LogP contribution in [-0.2, 0) is 25.2 Å². The summed E-state index contributed by atoms with van der Waals surface area (Å²) in [6.45, 7) is 8.08. The first-order valence-electron chi connectivity index (χ1n) is 14.5. The SMILES string of the molecule is CCSc1cc(C)cnc1C1=Cc2ncc(C(F)(F)F)cc2C1.CCSc1cc(C)cnc1C1=Cc2ncc(C(F)(F)F)cc2C1. The van der Waals surface area contributed by atoms with E-state index >= 15 is 0 Å². The molecule has 4 heterocycles. The van der Waals surface area contributed by atoms with Gasteiger partial charge in [-0.25, -0.2) is 0 Å². The molecule has 4 aromatic rings. The van der Waals surface area contributed by atoms with Crippen LogP contribution in [0.25, 0.3) is 23.3 Å². The molecule has 240 valence electrons. The summed E-state index contributed by atoms with van der Waals surface area (Å²) in [6.07, 6.45) is 1.16. The molecular formula is C34H30F6N4S2. The number of aryl methyl sites for hydroxylation is 2. The van der Waals surface area contributed by atoms with Crippen molar-refractivity contribution in [3.05, 3.63) is 105 Å². The van der Waals surface area contributed by atoms with Crippen molar-refractivity contribution in [2.75, 3.05) is 11.5 Å². The summed E-state index contributed by atoms with van der Waals surface area (Å²) >= 11 is 3.37. The van der Waals surface area contributed by atoms with Crippen LogP contribution in [0, 0.1) is 13.8 Å².